The van der Waals surface area contributed by atoms with E-state index in [0.717, 1.165) is 39.3 Å². The molecule has 2 heterocycles. The van der Waals surface area contributed by atoms with Gasteiger partial charge in [-0.1, -0.05) is 19.1 Å². The zero-order valence-corrected chi connectivity index (χ0v) is 15.6. The van der Waals surface area contributed by atoms with Gasteiger partial charge < -0.3 is 5.32 Å². The molecule has 0 aliphatic heterocycles. The largest absolute Gasteiger partial charge is 0.347 e. The second-order valence-corrected chi connectivity index (χ2v) is 7.08. The molecular weight excluding hydrogens is 337 g/mol. The van der Waals surface area contributed by atoms with Crippen molar-refractivity contribution in [1.82, 2.24) is 15.3 Å². The van der Waals surface area contributed by atoms with Crippen LogP contribution in [0.2, 0.25) is 0 Å². The molecule has 0 bridgehead atoms. The zero-order chi connectivity index (χ0) is 18.1. The number of aryl methyl sites for hydroxylation is 4. The molecule has 0 spiro atoms. The predicted octanol–water partition coefficient (Wildman–Crippen LogP) is 4.25. The molecule has 2 aromatic heterocycles. The Morgan fingerprint density at radius 3 is 2.68 bits per heavy atom. The molecular formula is C19H20FN3OS. The fraction of sp³-hybridized carbons (Fsp3) is 0.316. The fourth-order valence-electron chi connectivity index (χ4n) is 2.85. The number of benzene rings is 1. The maximum atomic E-state index is 13.3. The number of rotatable bonds is 4. The van der Waals surface area contributed by atoms with Crippen LogP contribution in [-0.4, -0.2) is 15.9 Å². The monoisotopic (exact) mass is 357 g/mol. The Hall–Kier alpha value is -2.34. The number of carbonyl (C=O) groups is 1. The van der Waals surface area contributed by atoms with Gasteiger partial charge in [0.15, 0.2) is 0 Å². The molecule has 0 saturated heterocycles. The van der Waals surface area contributed by atoms with E-state index in [2.05, 4.69) is 15.3 Å². The van der Waals surface area contributed by atoms with Crippen LogP contribution in [0.4, 0.5) is 4.39 Å². The van der Waals surface area contributed by atoms with Crippen LogP contribution in [0.3, 0.4) is 0 Å². The molecule has 0 aliphatic carbocycles. The second-order valence-electron chi connectivity index (χ2n) is 6.08. The third kappa shape index (κ3) is 3.39. The van der Waals surface area contributed by atoms with Crippen LogP contribution in [0.5, 0.6) is 0 Å². The summed E-state index contributed by atoms with van der Waals surface area (Å²) in [7, 11) is 0. The Balaban J connectivity index is 1.85. The highest BCUT2D eigenvalue weighted by molar-refractivity contribution is 7.20. The van der Waals surface area contributed by atoms with Gasteiger partial charge in [-0.3, -0.25) is 4.79 Å². The predicted molar refractivity (Wildman–Crippen MR) is 98.6 cm³/mol. The molecule has 0 saturated carbocycles. The third-order valence-corrected chi connectivity index (χ3v) is 5.40. The summed E-state index contributed by atoms with van der Waals surface area (Å²) in [5, 5.41) is 3.88. The number of fused-ring (bicyclic) bond motifs is 1. The maximum Gasteiger partial charge on any atom is 0.261 e. The third-order valence-electron chi connectivity index (χ3n) is 4.22. The van der Waals surface area contributed by atoms with E-state index in [-0.39, 0.29) is 11.7 Å². The summed E-state index contributed by atoms with van der Waals surface area (Å²) in [6.45, 7) is 7.96. The van der Waals surface area contributed by atoms with Crippen molar-refractivity contribution in [3.8, 4) is 0 Å². The number of hydrogen-bond donors (Lipinski definition) is 1. The molecule has 0 fully saturated rings. The summed E-state index contributed by atoms with van der Waals surface area (Å²) in [5.74, 6) is 0.413. The SMILES string of the molecule is CCc1nc(C)c2c(C)c(C(=O)NCc3ccc(F)c(C)c3)sc2n1. The number of aromatic nitrogens is 2. The standard InChI is InChI=1S/C19H20FN3OS/c1-5-15-22-12(4)16-11(3)17(25-19(16)23-15)18(24)21-9-13-6-7-14(20)10(2)8-13/h6-8H,5,9H2,1-4H3,(H,21,24). The van der Waals surface area contributed by atoms with E-state index in [9.17, 15) is 9.18 Å². The summed E-state index contributed by atoms with van der Waals surface area (Å²) in [5.41, 5.74) is 3.26. The van der Waals surface area contributed by atoms with Crippen LogP contribution in [0.15, 0.2) is 18.2 Å². The highest BCUT2D eigenvalue weighted by Gasteiger charge is 2.18. The number of nitrogens with one attached hydrogen (secondary N) is 1. The van der Waals surface area contributed by atoms with Gasteiger partial charge in [-0.05, 0) is 43.5 Å². The van der Waals surface area contributed by atoms with Crippen LogP contribution in [0, 0.1) is 26.6 Å². The van der Waals surface area contributed by atoms with E-state index in [0.29, 0.717) is 17.0 Å². The van der Waals surface area contributed by atoms with Gasteiger partial charge in [-0.15, -0.1) is 11.3 Å². The van der Waals surface area contributed by atoms with Crippen LogP contribution in [-0.2, 0) is 13.0 Å². The summed E-state index contributed by atoms with van der Waals surface area (Å²) >= 11 is 1.39. The lowest BCUT2D eigenvalue weighted by atomic mass is 10.1. The van der Waals surface area contributed by atoms with Crippen LogP contribution >= 0.6 is 11.3 Å². The van der Waals surface area contributed by atoms with E-state index >= 15 is 0 Å². The number of thiophene rings is 1. The quantitative estimate of drug-likeness (QED) is 0.759. The minimum absolute atomic E-state index is 0.139. The number of amides is 1. The van der Waals surface area contributed by atoms with Gasteiger partial charge in [0.2, 0.25) is 0 Å². The fourth-order valence-corrected chi connectivity index (χ4v) is 4.02. The lowest BCUT2D eigenvalue weighted by Gasteiger charge is -2.06. The summed E-state index contributed by atoms with van der Waals surface area (Å²) in [6.07, 6.45) is 0.763. The molecule has 130 valence electrons. The normalized spacial score (nSPS) is 11.1. The lowest BCUT2D eigenvalue weighted by molar-refractivity contribution is 0.0954. The molecule has 0 atom stereocenters. The van der Waals surface area contributed by atoms with Gasteiger partial charge in [0.05, 0.1) is 4.88 Å². The number of carbonyl (C=O) groups excluding carboxylic acids is 1. The molecule has 1 amide bonds. The topological polar surface area (TPSA) is 54.9 Å². The smallest absolute Gasteiger partial charge is 0.261 e. The van der Waals surface area contributed by atoms with Crippen molar-refractivity contribution in [2.24, 2.45) is 0 Å². The van der Waals surface area contributed by atoms with Crippen LogP contribution in [0.25, 0.3) is 10.2 Å². The summed E-state index contributed by atoms with van der Waals surface area (Å²) < 4.78 is 13.3. The molecule has 1 N–H and O–H groups in total. The Bertz CT molecular complexity index is 965. The van der Waals surface area contributed by atoms with Crippen molar-refractivity contribution < 1.29 is 9.18 Å². The molecule has 4 nitrogen and oxygen atoms in total. The first-order valence-corrected chi connectivity index (χ1v) is 9.02. The highest BCUT2D eigenvalue weighted by atomic mass is 32.1. The van der Waals surface area contributed by atoms with Crippen molar-refractivity contribution >= 4 is 27.5 Å². The number of nitrogens with zero attached hydrogens (tertiary/aromatic N) is 2. The van der Waals surface area contributed by atoms with Gasteiger partial charge in [-0.2, -0.15) is 0 Å². The van der Waals surface area contributed by atoms with E-state index in [1.54, 1.807) is 19.1 Å². The van der Waals surface area contributed by atoms with E-state index in [1.807, 2.05) is 20.8 Å². The van der Waals surface area contributed by atoms with E-state index in [4.69, 9.17) is 0 Å². The first-order valence-electron chi connectivity index (χ1n) is 8.20. The van der Waals surface area contributed by atoms with E-state index in [1.165, 1.54) is 17.4 Å². The van der Waals surface area contributed by atoms with Gasteiger partial charge in [0, 0.05) is 24.0 Å². The molecule has 0 aliphatic rings. The zero-order valence-electron chi connectivity index (χ0n) is 14.7. The number of halogens is 1. The Morgan fingerprint density at radius 2 is 2.00 bits per heavy atom. The molecule has 3 rings (SSSR count). The molecule has 1 aromatic carbocycles. The second kappa shape index (κ2) is 6.88. The Morgan fingerprint density at radius 1 is 1.24 bits per heavy atom. The average molecular weight is 357 g/mol. The summed E-state index contributed by atoms with van der Waals surface area (Å²) in [4.78, 5) is 23.1. The minimum Gasteiger partial charge on any atom is -0.347 e. The Labute approximate surface area is 150 Å². The lowest BCUT2D eigenvalue weighted by Crippen LogP contribution is -2.22. The molecule has 3 aromatic rings. The van der Waals surface area contributed by atoms with Gasteiger partial charge >= 0.3 is 0 Å². The van der Waals surface area contributed by atoms with Crippen molar-refractivity contribution in [1.29, 1.82) is 0 Å². The maximum absolute atomic E-state index is 13.3. The van der Waals surface area contributed by atoms with Gasteiger partial charge in [-0.25, -0.2) is 14.4 Å². The summed E-state index contributed by atoms with van der Waals surface area (Å²) in [6, 6.07) is 4.85. The first-order chi connectivity index (χ1) is 11.9. The first kappa shape index (κ1) is 17.5. The van der Waals surface area contributed by atoms with Crippen LogP contribution < -0.4 is 5.32 Å². The van der Waals surface area contributed by atoms with Gasteiger partial charge in [0.25, 0.3) is 5.91 Å². The molecule has 0 radical (unpaired) electrons. The van der Waals surface area contributed by atoms with Crippen molar-refractivity contribution in [2.45, 2.75) is 40.7 Å². The molecule has 25 heavy (non-hydrogen) atoms. The molecule has 0 unspecified atom stereocenters. The van der Waals surface area contributed by atoms with Crippen molar-refractivity contribution in [3.05, 3.63) is 57.1 Å². The van der Waals surface area contributed by atoms with Crippen LogP contribution in [0.1, 0.15) is 44.8 Å². The van der Waals surface area contributed by atoms with E-state index < -0.39 is 0 Å². The van der Waals surface area contributed by atoms with Gasteiger partial charge in [0.1, 0.15) is 16.5 Å². The number of hydrogen-bond acceptors (Lipinski definition) is 4. The van der Waals surface area contributed by atoms with Crippen molar-refractivity contribution in [3.63, 3.8) is 0 Å². The Kier molecular flexibility index (Phi) is 4.81. The highest BCUT2D eigenvalue weighted by Crippen LogP contribution is 2.31. The van der Waals surface area contributed by atoms with Crippen molar-refractivity contribution in [2.75, 3.05) is 0 Å². The minimum atomic E-state index is -0.240. The average Bonchev–Trinajstić information content (AvgIpc) is 2.92. The molecule has 6 heteroatoms.